The van der Waals surface area contributed by atoms with E-state index in [2.05, 4.69) is 32.1 Å². The Morgan fingerprint density at radius 3 is 2.42 bits per heavy atom. The van der Waals surface area contributed by atoms with E-state index in [0.717, 1.165) is 5.69 Å². The first-order valence-corrected chi connectivity index (χ1v) is 6.63. The second-order valence-electron chi connectivity index (χ2n) is 4.71. The lowest BCUT2D eigenvalue weighted by atomic mass is 10.1. The van der Waals surface area contributed by atoms with Crippen molar-refractivity contribution in [2.75, 3.05) is 13.1 Å². The van der Waals surface area contributed by atoms with Crippen LogP contribution in [0.4, 0.5) is 0 Å². The van der Waals surface area contributed by atoms with Crippen molar-refractivity contribution in [1.82, 2.24) is 14.7 Å². The minimum Gasteiger partial charge on any atom is -0.330 e. The van der Waals surface area contributed by atoms with Crippen molar-refractivity contribution in [3.05, 3.63) is 42.8 Å². The van der Waals surface area contributed by atoms with Crippen molar-refractivity contribution in [1.29, 1.82) is 0 Å². The number of aryl methyl sites for hydroxylation is 1. The molecule has 0 saturated heterocycles. The molecule has 1 rings (SSSR count). The summed E-state index contributed by atoms with van der Waals surface area (Å²) in [6.07, 6.45) is 3.44. The molecule has 1 aromatic rings. The second kappa shape index (κ2) is 6.92. The highest BCUT2D eigenvalue weighted by molar-refractivity contribution is 5.93. The molecule has 1 amide bonds. The topological polar surface area (TPSA) is 38.1 Å². The van der Waals surface area contributed by atoms with Crippen molar-refractivity contribution in [2.45, 2.75) is 33.2 Å². The first-order chi connectivity index (χ1) is 9.04. The van der Waals surface area contributed by atoms with Crippen LogP contribution >= 0.6 is 0 Å². The summed E-state index contributed by atoms with van der Waals surface area (Å²) in [5, 5.41) is 4.47. The quantitative estimate of drug-likeness (QED) is 0.708. The molecule has 0 unspecified atom stereocenters. The lowest BCUT2D eigenvalue weighted by molar-refractivity contribution is 0.0778. The minimum atomic E-state index is -0.0268. The number of carbonyl (C=O) groups excluding carboxylic acids is 1. The van der Waals surface area contributed by atoms with Crippen LogP contribution < -0.4 is 0 Å². The number of nitrogens with zero attached hydrogens (tertiary/aromatic N) is 3. The van der Waals surface area contributed by atoms with E-state index >= 15 is 0 Å². The third-order valence-corrected chi connectivity index (χ3v) is 2.90. The molecule has 0 bridgehead atoms. The van der Waals surface area contributed by atoms with Gasteiger partial charge in [-0.3, -0.25) is 9.48 Å². The largest absolute Gasteiger partial charge is 0.330 e. The summed E-state index contributed by atoms with van der Waals surface area (Å²) in [5.41, 5.74) is 1.58. The Bertz CT molecular complexity index is 450. The molecule has 1 heterocycles. The van der Waals surface area contributed by atoms with Gasteiger partial charge in [-0.05, 0) is 18.9 Å². The van der Waals surface area contributed by atoms with E-state index < -0.39 is 0 Å². The number of rotatable bonds is 7. The van der Waals surface area contributed by atoms with Crippen LogP contribution in [0.3, 0.4) is 0 Å². The van der Waals surface area contributed by atoms with Gasteiger partial charge in [0.25, 0.3) is 5.91 Å². The third kappa shape index (κ3) is 3.56. The summed E-state index contributed by atoms with van der Waals surface area (Å²) < 4.78 is 1.76. The van der Waals surface area contributed by atoms with Crippen LogP contribution in [0, 0.1) is 0 Å². The highest BCUT2D eigenvalue weighted by Crippen LogP contribution is 2.16. The molecule has 0 saturated carbocycles. The normalized spacial score (nSPS) is 10.5. The van der Waals surface area contributed by atoms with E-state index in [4.69, 9.17) is 0 Å². The molecule has 104 valence electrons. The van der Waals surface area contributed by atoms with Crippen molar-refractivity contribution < 1.29 is 4.79 Å². The average molecular weight is 261 g/mol. The van der Waals surface area contributed by atoms with E-state index in [0.29, 0.717) is 31.2 Å². The zero-order valence-electron chi connectivity index (χ0n) is 12.1. The van der Waals surface area contributed by atoms with Gasteiger partial charge in [-0.25, -0.2) is 0 Å². The van der Waals surface area contributed by atoms with Gasteiger partial charge in [-0.15, -0.1) is 13.2 Å². The molecule has 0 aromatic carbocycles. The molecule has 0 aliphatic rings. The van der Waals surface area contributed by atoms with Crippen LogP contribution in [0.5, 0.6) is 0 Å². The number of hydrogen-bond donors (Lipinski definition) is 0. The summed E-state index contributed by atoms with van der Waals surface area (Å²) in [5.74, 6) is 0.285. The molecular weight excluding hydrogens is 238 g/mol. The molecule has 19 heavy (non-hydrogen) atoms. The maximum absolute atomic E-state index is 12.5. The number of hydrogen-bond acceptors (Lipinski definition) is 2. The summed E-state index contributed by atoms with van der Waals surface area (Å²) in [4.78, 5) is 14.2. The molecule has 4 heteroatoms. The van der Waals surface area contributed by atoms with Gasteiger partial charge in [0.05, 0.1) is 5.69 Å². The molecular formula is C15H23N3O. The number of aromatic nitrogens is 2. The lowest BCUT2D eigenvalue weighted by Gasteiger charge is -2.19. The SMILES string of the molecule is C=CCN(CC=C)C(=O)c1cc(C(C)C)nn1CC. The monoisotopic (exact) mass is 261 g/mol. The van der Waals surface area contributed by atoms with Crippen LogP contribution in [-0.2, 0) is 6.54 Å². The van der Waals surface area contributed by atoms with Gasteiger partial charge < -0.3 is 4.90 Å². The molecule has 0 spiro atoms. The summed E-state index contributed by atoms with van der Waals surface area (Å²) in [6, 6.07) is 1.88. The van der Waals surface area contributed by atoms with E-state index in [1.54, 1.807) is 21.7 Å². The van der Waals surface area contributed by atoms with E-state index in [-0.39, 0.29) is 5.91 Å². The van der Waals surface area contributed by atoms with Gasteiger partial charge >= 0.3 is 0 Å². The van der Waals surface area contributed by atoms with E-state index in [1.165, 1.54) is 0 Å². The molecule has 0 N–H and O–H groups in total. The summed E-state index contributed by atoms with van der Waals surface area (Å²) >= 11 is 0. The highest BCUT2D eigenvalue weighted by Gasteiger charge is 2.20. The standard InChI is InChI=1S/C15H23N3O/c1-6-9-17(10-7-2)15(19)14-11-13(12(4)5)16-18(14)8-3/h6-7,11-12H,1-2,8-10H2,3-5H3. The Morgan fingerprint density at radius 1 is 1.42 bits per heavy atom. The fraction of sp³-hybridized carbons (Fsp3) is 0.467. The zero-order valence-corrected chi connectivity index (χ0v) is 12.1. The summed E-state index contributed by atoms with van der Waals surface area (Å²) in [7, 11) is 0. The zero-order chi connectivity index (χ0) is 14.4. The molecule has 1 aromatic heterocycles. The van der Waals surface area contributed by atoms with Gasteiger partial charge in [0, 0.05) is 19.6 Å². The third-order valence-electron chi connectivity index (χ3n) is 2.90. The molecule has 0 atom stereocenters. The van der Waals surface area contributed by atoms with Gasteiger partial charge in [0.15, 0.2) is 0 Å². The fourth-order valence-corrected chi connectivity index (χ4v) is 1.85. The van der Waals surface area contributed by atoms with Crippen LogP contribution in [-0.4, -0.2) is 33.7 Å². The maximum Gasteiger partial charge on any atom is 0.272 e. The maximum atomic E-state index is 12.5. The van der Waals surface area contributed by atoms with E-state index in [1.807, 2.05) is 13.0 Å². The molecule has 0 radical (unpaired) electrons. The average Bonchev–Trinajstić information content (AvgIpc) is 2.82. The van der Waals surface area contributed by atoms with Crippen molar-refractivity contribution in [2.24, 2.45) is 0 Å². The van der Waals surface area contributed by atoms with Gasteiger partial charge in [0.1, 0.15) is 5.69 Å². The number of carbonyl (C=O) groups is 1. The van der Waals surface area contributed by atoms with Crippen molar-refractivity contribution >= 4 is 5.91 Å². The molecule has 4 nitrogen and oxygen atoms in total. The Kier molecular flexibility index (Phi) is 5.55. The molecule has 0 aliphatic carbocycles. The Morgan fingerprint density at radius 2 is 2.00 bits per heavy atom. The summed E-state index contributed by atoms with van der Waals surface area (Å²) in [6.45, 7) is 15.2. The smallest absolute Gasteiger partial charge is 0.272 e. The van der Waals surface area contributed by atoms with Crippen LogP contribution in [0.1, 0.15) is 42.9 Å². The number of amides is 1. The lowest BCUT2D eigenvalue weighted by Crippen LogP contribution is -2.32. The van der Waals surface area contributed by atoms with Crippen molar-refractivity contribution in [3.63, 3.8) is 0 Å². The second-order valence-corrected chi connectivity index (χ2v) is 4.71. The molecule has 0 fully saturated rings. The van der Waals surface area contributed by atoms with Crippen LogP contribution in [0.25, 0.3) is 0 Å². The van der Waals surface area contributed by atoms with Crippen LogP contribution in [0.2, 0.25) is 0 Å². The van der Waals surface area contributed by atoms with Gasteiger partial charge in [-0.2, -0.15) is 5.10 Å². The van der Waals surface area contributed by atoms with Crippen LogP contribution in [0.15, 0.2) is 31.4 Å². The van der Waals surface area contributed by atoms with Gasteiger partial charge in [0.2, 0.25) is 0 Å². The minimum absolute atomic E-state index is 0.0268. The fourth-order valence-electron chi connectivity index (χ4n) is 1.85. The van der Waals surface area contributed by atoms with Gasteiger partial charge in [-0.1, -0.05) is 26.0 Å². The molecule has 0 aliphatic heterocycles. The first-order valence-electron chi connectivity index (χ1n) is 6.63. The van der Waals surface area contributed by atoms with E-state index in [9.17, 15) is 4.79 Å². The predicted octanol–water partition coefficient (Wildman–Crippen LogP) is 2.84. The Labute approximate surface area is 115 Å². The Balaban J connectivity index is 3.08. The van der Waals surface area contributed by atoms with Crippen molar-refractivity contribution in [3.8, 4) is 0 Å². The first kappa shape index (κ1) is 15.2. The highest BCUT2D eigenvalue weighted by atomic mass is 16.2. The Hall–Kier alpha value is -1.84. The predicted molar refractivity (Wildman–Crippen MR) is 78.3 cm³/mol.